The molecule has 5 nitrogen and oxygen atoms in total. The van der Waals surface area contributed by atoms with E-state index in [0.717, 1.165) is 11.1 Å². The lowest BCUT2D eigenvalue weighted by Gasteiger charge is -2.14. The molecule has 0 fully saturated rings. The highest BCUT2D eigenvalue weighted by molar-refractivity contribution is 6.32. The summed E-state index contributed by atoms with van der Waals surface area (Å²) in [5.41, 5.74) is 7.80. The van der Waals surface area contributed by atoms with Gasteiger partial charge in [0.15, 0.2) is 5.75 Å². The molecule has 2 rings (SSSR count). The summed E-state index contributed by atoms with van der Waals surface area (Å²) in [6, 6.07) is 8.40. The van der Waals surface area contributed by atoms with Gasteiger partial charge in [-0.2, -0.15) is 0 Å². The van der Waals surface area contributed by atoms with Gasteiger partial charge in [0.25, 0.3) is 5.69 Å². The molecule has 0 heterocycles. The van der Waals surface area contributed by atoms with Crippen molar-refractivity contribution in [3.63, 3.8) is 0 Å². The number of benzene rings is 2. The number of ether oxygens (including phenoxy) is 1. The molecule has 6 heteroatoms. The molecule has 110 valence electrons. The normalized spacial score (nSPS) is 10.5. The van der Waals surface area contributed by atoms with Crippen LogP contribution in [0.15, 0.2) is 30.3 Å². The zero-order chi connectivity index (χ0) is 15.6. The van der Waals surface area contributed by atoms with Crippen molar-refractivity contribution >= 4 is 17.3 Å². The number of aryl methyl sites for hydroxylation is 2. The van der Waals surface area contributed by atoms with Crippen molar-refractivity contribution in [1.29, 1.82) is 0 Å². The second-order valence-electron chi connectivity index (χ2n) is 4.70. The minimum Gasteiger partial charge on any atom is -0.455 e. The predicted octanol–water partition coefficient (Wildman–Crippen LogP) is 4.12. The third-order valence-corrected chi connectivity index (χ3v) is 3.47. The highest BCUT2D eigenvalue weighted by Gasteiger charge is 2.17. The van der Waals surface area contributed by atoms with Crippen LogP contribution >= 0.6 is 11.6 Å². The molecule has 0 saturated heterocycles. The summed E-state index contributed by atoms with van der Waals surface area (Å²) in [5, 5.41) is 11.4. The molecule has 0 atom stereocenters. The summed E-state index contributed by atoms with van der Waals surface area (Å²) in [7, 11) is 0. The Balaban J connectivity index is 2.50. The smallest absolute Gasteiger partial charge is 0.276 e. The fourth-order valence-corrected chi connectivity index (χ4v) is 2.30. The average molecular weight is 307 g/mol. The molecule has 2 aromatic carbocycles. The maximum absolute atomic E-state index is 11.0. The van der Waals surface area contributed by atoms with Crippen LogP contribution < -0.4 is 10.5 Å². The second-order valence-corrected chi connectivity index (χ2v) is 5.10. The van der Waals surface area contributed by atoms with E-state index >= 15 is 0 Å². The number of hydrogen-bond acceptors (Lipinski definition) is 4. The van der Waals surface area contributed by atoms with E-state index in [4.69, 9.17) is 22.1 Å². The van der Waals surface area contributed by atoms with Gasteiger partial charge in [-0.05, 0) is 31.5 Å². The summed E-state index contributed by atoms with van der Waals surface area (Å²) in [6.07, 6.45) is 0. The second kappa shape index (κ2) is 6.11. The van der Waals surface area contributed by atoms with Crippen LogP contribution in [-0.4, -0.2) is 4.92 Å². The quantitative estimate of drug-likeness (QED) is 0.681. The number of nitro benzene ring substituents is 1. The minimum absolute atomic E-state index is 0.0111. The van der Waals surface area contributed by atoms with Crippen molar-refractivity contribution in [2.24, 2.45) is 5.73 Å². The van der Waals surface area contributed by atoms with E-state index in [1.54, 1.807) is 31.2 Å². The van der Waals surface area contributed by atoms with Crippen LogP contribution in [0.4, 0.5) is 5.69 Å². The number of halogens is 1. The zero-order valence-corrected chi connectivity index (χ0v) is 12.5. The molecule has 21 heavy (non-hydrogen) atoms. The van der Waals surface area contributed by atoms with Crippen LogP contribution in [0, 0.1) is 24.0 Å². The SMILES string of the molecule is Cc1cc(C)c([N+](=O)[O-])cc1Oc1c(Cl)cccc1CN. The summed E-state index contributed by atoms with van der Waals surface area (Å²) in [4.78, 5) is 10.6. The summed E-state index contributed by atoms with van der Waals surface area (Å²) >= 11 is 6.13. The molecule has 0 aliphatic carbocycles. The van der Waals surface area contributed by atoms with Gasteiger partial charge in [0.2, 0.25) is 0 Å². The first-order valence-electron chi connectivity index (χ1n) is 6.35. The van der Waals surface area contributed by atoms with Crippen molar-refractivity contribution in [3.8, 4) is 11.5 Å². The summed E-state index contributed by atoms with van der Waals surface area (Å²) in [5.74, 6) is 0.831. The van der Waals surface area contributed by atoms with E-state index in [1.165, 1.54) is 6.07 Å². The van der Waals surface area contributed by atoms with Crippen molar-refractivity contribution < 1.29 is 9.66 Å². The van der Waals surface area contributed by atoms with E-state index < -0.39 is 4.92 Å². The maximum atomic E-state index is 11.0. The molecule has 0 spiro atoms. The molecular formula is C15H15ClN2O3. The summed E-state index contributed by atoms with van der Waals surface area (Å²) in [6.45, 7) is 3.78. The summed E-state index contributed by atoms with van der Waals surface area (Å²) < 4.78 is 5.79. The molecule has 0 bridgehead atoms. The van der Waals surface area contributed by atoms with E-state index in [9.17, 15) is 10.1 Å². The van der Waals surface area contributed by atoms with E-state index in [2.05, 4.69) is 0 Å². The predicted molar refractivity (Wildman–Crippen MR) is 82.0 cm³/mol. The Morgan fingerprint density at radius 1 is 1.29 bits per heavy atom. The van der Waals surface area contributed by atoms with Crippen molar-refractivity contribution in [2.45, 2.75) is 20.4 Å². The van der Waals surface area contributed by atoms with Gasteiger partial charge in [-0.25, -0.2) is 0 Å². The highest BCUT2D eigenvalue weighted by Crippen LogP contribution is 2.36. The number of nitro groups is 1. The van der Waals surface area contributed by atoms with Crippen LogP contribution in [0.3, 0.4) is 0 Å². The van der Waals surface area contributed by atoms with Crippen LogP contribution in [-0.2, 0) is 6.54 Å². The van der Waals surface area contributed by atoms with Gasteiger partial charge < -0.3 is 10.5 Å². The lowest BCUT2D eigenvalue weighted by atomic mass is 10.1. The first-order valence-corrected chi connectivity index (χ1v) is 6.72. The Labute approximate surface area is 127 Å². The Morgan fingerprint density at radius 2 is 2.00 bits per heavy atom. The van der Waals surface area contributed by atoms with Gasteiger partial charge in [0.1, 0.15) is 5.75 Å². The zero-order valence-electron chi connectivity index (χ0n) is 11.7. The van der Waals surface area contributed by atoms with Crippen molar-refractivity contribution in [3.05, 3.63) is 62.2 Å². The van der Waals surface area contributed by atoms with Gasteiger partial charge in [-0.15, -0.1) is 0 Å². The molecule has 0 aliphatic rings. The Kier molecular flexibility index (Phi) is 4.45. The van der Waals surface area contributed by atoms with Crippen molar-refractivity contribution in [1.82, 2.24) is 0 Å². The number of nitrogens with two attached hydrogens (primary N) is 1. The number of nitrogens with zero attached hydrogens (tertiary/aromatic N) is 1. The highest BCUT2D eigenvalue weighted by atomic mass is 35.5. The molecule has 0 aromatic heterocycles. The van der Waals surface area contributed by atoms with Gasteiger partial charge in [0.05, 0.1) is 16.0 Å². The van der Waals surface area contributed by atoms with Crippen molar-refractivity contribution in [2.75, 3.05) is 0 Å². The Morgan fingerprint density at radius 3 is 2.62 bits per heavy atom. The molecule has 0 aliphatic heterocycles. The molecule has 0 saturated carbocycles. The monoisotopic (exact) mass is 306 g/mol. The standard InChI is InChI=1S/C15H15ClN2O3/c1-9-6-10(2)14(7-13(9)18(19)20)21-15-11(8-17)4-3-5-12(15)16/h3-7H,8,17H2,1-2H3. The van der Waals surface area contributed by atoms with E-state index in [-0.39, 0.29) is 12.2 Å². The van der Waals surface area contributed by atoms with E-state index in [0.29, 0.717) is 22.1 Å². The molecular weight excluding hydrogens is 292 g/mol. The molecule has 0 radical (unpaired) electrons. The maximum Gasteiger partial charge on any atom is 0.276 e. The fourth-order valence-electron chi connectivity index (χ4n) is 2.07. The van der Waals surface area contributed by atoms with Crippen LogP contribution in [0.25, 0.3) is 0 Å². The van der Waals surface area contributed by atoms with Gasteiger partial charge in [-0.3, -0.25) is 10.1 Å². The Bertz CT molecular complexity index is 702. The average Bonchev–Trinajstić information content (AvgIpc) is 2.43. The first-order chi connectivity index (χ1) is 9.93. The van der Waals surface area contributed by atoms with Gasteiger partial charge in [0, 0.05) is 17.7 Å². The molecule has 0 amide bonds. The van der Waals surface area contributed by atoms with Gasteiger partial charge in [-0.1, -0.05) is 23.7 Å². The fraction of sp³-hybridized carbons (Fsp3) is 0.200. The third kappa shape index (κ3) is 3.15. The molecule has 2 N–H and O–H groups in total. The number of rotatable bonds is 4. The van der Waals surface area contributed by atoms with Crippen LogP contribution in [0.2, 0.25) is 5.02 Å². The largest absolute Gasteiger partial charge is 0.455 e. The first kappa shape index (κ1) is 15.3. The van der Waals surface area contributed by atoms with Crippen LogP contribution in [0.1, 0.15) is 16.7 Å². The molecule has 2 aromatic rings. The van der Waals surface area contributed by atoms with Crippen LogP contribution in [0.5, 0.6) is 11.5 Å². The molecule has 0 unspecified atom stereocenters. The minimum atomic E-state index is -0.432. The van der Waals surface area contributed by atoms with E-state index in [1.807, 2.05) is 6.92 Å². The third-order valence-electron chi connectivity index (χ3n) is 3.17. The number of para-hydroxylation sites is 1. The number of hydrogen-bond donors (Lipinski definition) is 1. The lowest BCUT2D eigenvalue weighted by molar-refractivity contribution is -0.385. The lowest BCUT2D eigenvalue weighted by Crippen LogP contribution is -2.01. The van der Waals surface area contributed by atoms with Gasteiger partial charge >= 0.3 is 0 Å². The Hall–Kier alpha value is -2.11. The topological polar surface area (TPSA) is 78.4 Å².